The molecule has 3 heteroatoms. The minimum Gasteiger partial charge on any atom is -0.315 e. The fourth-order valence-corrected chi connectivity index (χ4v) is 2.56. The number of nitrogens with zero attached hydrogens (tertiary/aromatic N) is 1. The lowest BCUT2D eigenvalue weighted by Crippen LogP contribution is -2.50. The smallest absolute Gasteiger partial charge is 0.0597 e. The van der Waals surface area contributed by atoms with E-state index in [-0.39, 0.29) is 0 Å². The monoisotopic (exact) mass is 197 g/mol. The molecule has 0 radical (unpaired) electrons. The van der Waals surface area contributed by atoms with Crippen LogP contribution in [0.1, 0.15) is 26.2 Å². The summed E-state index contributed by atoms with van der Waals surface area (Å²) in [7, 11) is 0. The average Bonchev–Trinajstić information content (AvgIpc) is 2.44. The van der Waals surface area contributed by atoms with Gasteiger partial charge in [0.15, 0.2) is 0 Å². The quantitative estimate of drug-likeness (QED) is 0.645. The Hall–Kier alpha value is -0.120. The van der Waals surface area contributed by atoms with Gasteiger partial charge in [0, 0.05) is 19.6 Å². The van der Waals surface area contributed by atoms with Gasteiger partial charge in [0.2, 0.25) is 0 Å². The molecule has 2 aliphatic rings. The molecule has 14 heavy (non-hydrogen) atoms. The number of hydrogen-bond acceptors (Lipinski definition) is 3. The Morgan fingerprint density at radius 1 is 1.21 bits per heavy atom. The van der Waals surface area contributed by atoms with Gasteiger partial charge in [-0.05, 0) is 38.3 Å². The van der Waals surface area contributed by atoms with Crippen LogP contribution in [0.25, 0.3) is 0 Å². The summed E-state index contributed by atoms with van der Waals surface area (Å²) in [5.41, 5.74) is 0. The van der Waals surface area contributed by atoms with Crippen LogP contribution in [-0.2, 0) is 0 Å². The maximum atomic E-state index is 3.64. The molecule has 0 aromatic rings. The van der Waals surface area contributed by atoms with E-state index < -0.39 is 0 Å². The highest BCUT2D eigenvalue weighted by Gasteiger charge is 2.23. The Morgan fingerprint density at radius 3 is 2.93 bits per heavy atom. The summed E-state index contributed by atoms with van der Waals surface area (Å²) in [5.74, 6) is 0.793. The molecule has 3 nitrogen and oxygen atoms in total. The minimum absolute atomic E-state index is 0.658. The van der Waals surface area contributed by atoms with Crippen LogP contribution in [0, 0.1) is 5.92 Å². The first-order chi connectivity index (χ1) is 6.86. The van der Waals surface area contributed by atoms with Crippen molar-refractivity contribution in [2.24, 2.45) is 5.92 Å². The van der Waals surface area contributed by atoms with Gasteiger partial charge in [-0.25, -0.2) is 0 Å². The lowest BCUT2D eigenvalue weighted by Gasteiger charge is -2.35. The molecule has 0 saturated carbocycles. The van der Waals surface area contributed by atoms with Crippen LogP contribution in [0.2, 0.25) is 0 Å². The van der Waals surface area contributed by atoms with Gasteiger partial charge in [0.1, 0.15) is 0 Å². The largest absolute Gasteiger partial charge is 0.315 e. The van der Waals surface area contributed by atoms with Crippen molar-refractivity contribution in [3.63, 3.8) is 0 Å². The number of nitrogens with one attached hydrogen (secondary N) is 2. The van der Waals surface area contributed by atoms with Gasteiger partial charge in [-0.3, -0.25) is 4.90 Å². The lowest BCUT2D eigenvalue weighted by molar-refractivity contribution is 0.133. The Balaban J connectivity index is 1.87. The molecule has 2 heterocycles. The summed E-state index contributed by atoms with van der Waals surface area (Å²) in [6.07, 6.45) is 4.76. The zero-order valence-corrected chi connectivity index (χ0v) is 9.26. The van der Waals surface area contributed by atoms with E-state index in [4.69, 9.17) is 0 Å². The molecule has 0 amide bonds. The predicted octanol–water partition coefficient (Wildman–Crippen LogP) is 0.627. The second kappa shape index (κ2) is 5.10. The van der Waals surface area contributed by atoms with E-state index in [2.05, 4.69) is 22.5 Å². The van der Waals surface area contributed by atoms with Gasteiger partial charge in [0.05, 0.1) is 6.17 Å². The van der Waals surface area contributed by atoms with Crippen molar-refractivity contribution in [2.75, 3.05) is 32.7 Å². The van der Waals surface area contributed by atoms with Crippen LogP contribution in [-0.4, -0.2) is 43.8 Å². The molecule has 2 rings (SSSR count). The third kappa shape index (κ3) is 2.69. The van der Waals surface area contributed by atoms with Crippen molar-refractivity contribution in [3.05, 3.63) is 0 Å². The summed E-state index contributed by atoms with van der Waals surface area (Å²) in [6, 6.07) is 0. The zero-order chi connectivity index (χ0) is 9.80. The van der Waals surface area contributed by atoms with Gasteiger partial charge in [-0.2, -0.15) is 0 Å². The fraction of sp³-hybridized carbons (Fsp3) is 1.00. The summed E-state index contributed by atoms with van der Waals surface area (Å²) in [5, 5.41) is 7.13. The Morgan fingerprint density at radius 2 is 2.14 bits per heavy atom. The second-order valence-electron chi connectivity index (χ2n) is 4.77. The first-order valence-corrected chi connectivity index (χ1v) is 6.04. The van der Waals surface area contributed by atoms with Gasteiger partial charge in [0.25, 0.3) is 0 Å². The lowest BCUT2D eigenvalue weighted by atomic mass is 10.1. The number of rotatable bonds is 1. The number of piperidine rings is 1. The first kappa shape index (κ1) is 10.4. The Kier molecular flexibility index (Phi) is 3.79. The van der Waals surface area contributed by atoms with Gasteiger partial charge < -0.3 is 10.6 Å². The van der Waals surface area contributed by atoms with E-state index in [1.165, 1.54) is 45.4 Å². The average molecular weight is 197 g/mol. The van der Waals surface area contributed by atoms with E-state index in [1.54, 1.807) is 0 Å². The van der Waals surface area contributed by atoms with E-state index in [9.17, 15) is 0 Å². The maximum Gasteiger partial charge on any atom is 0.0597 e. The van der Waals surface area contributed by atoms with Gasteiger partial charge in [-0.1, -0.05) is 6.92 Å². The van der Waals surface area contributed by atoms with Crippen LogP contribution < -0.4 is 10.6 Å². The molecule has 0 spiro atoms. The van der Waals surface area contributed by atoms with E-state index >= 15 is 0 Å². The highest BCUT2D eigenvalue weighted by molar-refractivity contribution is 4.78. The van der Waals surface area contributed by atoms with Crippen LogP contribution in [0.3, 0.4) is 0 Å². The van der Waals surface area contributed by atoms with E-state index in [1.807, 2.05) is 0 Å². The predicted molar refractivity (Wildman–Crippen MR) is 59.2 cm³/mol. The number of hydrogen-bond donors (Lipinski definition) is 2. The minimum atomic E-state index is 0.658. The van der Waals surface area contributed by atoms with Crippen molar-refractivity contribution in [2.45, 2.75) is 32.4 Å². The van der Waals surface area contributed by atoms with Crippen molar-refractivity contribution >= 4 is 0 Å². The summed E-state index contributed by atoms with van der Waals surface area (Å²) >= 11 is 0. The van der Waals surface area contributed by atoms with Crippen molar-refractivity contribution in [1.29, 1.82) is 0 Å². The third-order valence-corrected chi connectivity index (χ3v) is 3.34. The van der Waals surface area contributed by atoms with Crippen molar-refractivity contribution in [3.8, 4) is 0 Å². The highest BCUT2D eigenvalue weighted by Crippen LogP contribution is 2.13. The van der Waals surface area contributed by atoms with Crippen LogP contribution in [0.15, 0.2) is 0 Å². The van der Waals surface area contributed by atoms with Crippen molar-refractivity contribution in [1.82, 2.24) is 15.5 Å². The molecule has 0 aromatic carbocycles. The molecular formula is C11H23N3. The highest BCUT2D eigenvalue weighted by atomic mass is 15.3. The molecule has 2 aliphatic heterocycles. The Bertz CT molecular complexity index is 166. The topological polar surface area (TPSA) is 27.3 Å². The molecular weight excluding hydrogens is 174 g/mol. The first-order valence-electron chi connectivity index (χ1n) is 6.04. The Labute approximate surface area is 87.2 Å². The van der Waals surface area contributed by atoms with Gasteiger partial charge in [-0.15, -0.1) is 0 Å². The normalized spacial score (nSPS) is 36.6. The molecule has 82 valence electrons. The van der Waals surface area contributed by atoms with E-state index in [0.29, 0.717) is 6.17 Å². The standard InChI is InChI=1S/C11H23N3/c1-10-8-12-6-7-14(9-10)11-4-2-3-5-13-11/h10-13H,2-9H2,1H3. The molecule has 0 bridgehead atoms. The molecule has 2 saturated heterocycles. The van der Waals surface area contributed by atoms with Crippen LogP contribution in [0.4, 0.5) is 0 Å². The van der Waals surface area contributed by atoms with Crippen molar-refractivity contribution < 1.29 is 0 Å². The van der Waals surface area contributed by atoms with Crippen LogP contribution in [0.5, 0.6) is 0 Å². The molecule has 2 fully saturated rings. The maximum absolute atomic E-state index is 3.64. The fourth-order valence-electron chi connectivity index (χ4n) is 2.56. The molecule has 2 N–H and O–H groups in total. The molecule has 2 atom stereocenters. The summed E-state index contributed by atoms with van der Waals surface area (Å²) < 4.78 is 0. The van der Waals surface area contributed by atoms with E-state index in [0.717, 1.165) is 12.5 Å². The zero-order valence-electron chi connectivity index (χ0n) is 9.26. The molecule has 2 unspecified atom stereocenters. The summed E-state index contributed by atoms with van der Waals surface area (Å²) in [6.45, 7) is 8.36. The SMILES string of the molecule is CC1CNCCN(C2CCCCN2)C1. The van der Waals surface area contributed by atoms with Gasteiger partial charge >= 0.3 is 0 Å². The third-order valence-electron chi connectivity index (χ3n) is 3.34. The van der Waals surface area contributed by atoms with Crippen LogP contribution >= 0.6 is 0 Å². The summed E-state index contributed by atoms with van der Waals surface area (Å²) in [4.78, 5) is 2.63. The second-order valence-corrected chi connectivity index (χ2v) is 4.77. The molecule has 0 aliphatic carbocycles. The molecule has 0 aromatic heterocycles.